The second-order valence-corrected chi connectivity index (χ2v) is 10.1. The Hall–Kier alpha value is -1.65. The smallest absolute Gasteiger partial charge is 0.306 e. The quantitative estimate of drug-likeness (QED) is 0.317. The van der Waals surface area contributed by atoms with Gasteiger partial charge in [-0.15, -0.1) is 0 Å². The zero-order valence-electron chi connectivity index (χ0n) is 14.6. The maximum absolute atomic E-state index is 11.9. The highest BCUT2D eigenvalue weighted by Crippen LogP contribution is 2.36. The Labute approximate surface area is 142 Å². The van der Waals surface area contributed by atoms with E-state index in [9.17, 15) is 19.3 Å². The van der Waals surface area contributed by atoms with E-state index in [2.05, 4.69) is 0 Å². The number of Topliss-reactive ketones (excluding diaryl/α,β-unsaturated/α-hetero) is 1. The second-order valence-electron chi connectivity index (χ2n) is 6.53. The molecule has 7 heteroatoms. The highest BCUT2D eigenvalue weighted by molar-refractivity contribution is 7.62. The molecule has 0 radical (unpaired) electrons. The number of carbonyl (C=O) groups is 2. The van der Waals surface area contributed by atoms with Crippen molar-refractivity contribution in [1.29, 1.82) is 0 Å². The van der Waals surface area contributed by atoms with E-state index in [4.69, 9.17) is 9.47 Å². The monoisotopic (exact) mass is 356 g/mol. The molecule has 0 aliphatic heterocycles. The van der Waals surface area contributed by atoms with E-state index in [1.54, 1.807) is 37.6 Å². The van der Waals surface area contributed by atoms with Crippen molar-refractivity contribution < 1.29 is 28.7 Å². The fourth-order valence-corrected chi connectivity index (χ4v) is 2.52. The Morgan fingerprint density at radius 1 is 1.12 bits per heavy atom. The lowest BCUT2D eigenvalue weighted by molar-refractivity contribution is -0.143. The lowest BCUT2D eigenvalue weighted by Gasteiger charge is -2.15. The SMILES string of the molecule is CC(C)(O)C(=O)c1ccc(OCCOC(=O)CCP(C)(C)=O)cc1. The van der Waals surface area contributed by atoms with Crippen LogP contribution in [0.2, 0.25) is 0 Å². The summed E-state index contributed by atoms with van der Waals surface area (Å²) in [6.07, 6.45) is 0.474. The predicted molar refractivity (Wildman–Crippen MR) is 92.5 cm³/mol. The van der Waals surface area contributed by atoms with E-state index in [1.807, 2.05) is 0 Å². The topological polar surface area (TPSA) is 89.9 Å². The van der Waals surface area contributed by atoms with Gasteiger partial charge in [0.1, 0.15) is 24.6 Å². The number of carbonyl (C=O) groups excluding carboxylic acids is 2. The number of hydrogen-bond donors (Lipinski definition) is 1. The fourth-order valence-electron chi connectivity index (χ4n) is 1.80. The Bertz CT molecular complexity index is 609. The molecule has 0 fully saturated rings. The van der Waals surface area contributed by atoms with Gasteiger partial charge in [-0.25, -0.2) is 0 Å². The predicted octanol–water partition coefficient (Wildman–Crippen LogP) is 2.58. The zero-order chi connectivity index (χ0) is 18.4. The molecule has 0 aliphatic rings. The van der Waals surface area contributed by atoms with Gasteiger partial charge in [0.2, 0.25) is 0 Å². The van der Waals surface area contributed by atoms with Crippen molar-refractivity contribution in [1.82, 2.24) is 0 Å². The third-order valence-corrected chi connectivity index (χ3v) is 4.44. The standard InChI is InChI=1S/C17H25O6P/c1-17(2,20)16(19)13-5-7-14(8-6-13)22-10-11-23-15(18)9-12-24(3,4)21/h5-8,20H,9-12H2,1-4H3. The number of ether oxygens (including phenoxy) is 2. The number of esters is 1. The molecule has 0 saturated heterocycles. The van der Waals surface area contributed by atoms with Gasteiger partial charge in [-0.3, -0.25) is 9.59 Å². The summed E-state index contributed by atoms with van der Waals surface area (Å²) in [6.45, 7) is 6.42. The highest BCUT2D eigenvalue weighted by atomic mass is 31.2. The van der Waals surface area contributed by atoms with Gasteiger partial charge >= 0.3 is 5.97 Å². The van der Waals surface area contributed by atoms with Gasteiger partial charge in [-0.2, -0.15) is 0 Å². The minimum absolute atomic E-state index is 0.0981. The summed E-state index contributed by atoms with van der Waals surface area (Å²) >= 11 is 0. The summed E-state index contributed by atoms with van der Waals surface area (Å²) < 4.78 is 21.9. The molecule has 0 aliphatic carbocycles. The minimum atomic E-state index is -2.21. The molecule has 0 unspecified atom stereocenters. The lowest BCUT2D eigenvalue weighted by Crippen LogP contribution is -2.30. The van der Waals surface area contributed by atoms with E-state index in [0.29, 0.717) is 17.5 Å². The van der Waals surface area contributed by atoms with Crippen LogP contribution in [0.1, 0.15) is 30.6 Å². The molecule has 1 aromatic rings. The highest BCUT2D eigenvalue weighted by Gasteiger charge is 2.24. The number of ketones is 1. The molecule has 134 valence electrons. The summed E-state index contributed by atoms with van der Waals surface area (Å²) in [5, 5.41) is 9.68. The van der Waals surface area contributed by atoms with Gasteiger partial charge in [0.25, 0.3) is 0 Å². The van der Waals surface area contributed by atoms with Gasteiger partial charge < -0.3 is 19.1 Å². The van der Waals surface area contributed by atoms with Crippen molar-refractivity contribution >= 4 is 18.9 Å². The van der Waals surface area contributed by atoms with Gasteiger partial charge in [0, 0.05) is 11.7 Å². The number of benzene rings is 1. The molecule has 0 bridgehead atoms. The van der Waals surface area contributed by atoms with Crippen molar-refractivity contribution in [3.05, 3.63) is 29.8 Å². The zero-order valence-corrected chi connectivity index (χ0v) is 15.5. The minimum Gasteiger partial charge on any atom is -0.490 e. The first kappa shape index (κ1) is 20.4. The van der Waals surface area contributed by atoms with Crippen molar-refractivity contribution in [3.63, 3.8) is 0 Å². The van der Waals surface area contributed by atoms with Crippen molar-refractivity contribution in [2.45, 2.75) is 25.9 Å². The summed E-state index contributed by atoms with van der Waals surface area (Å²) in [5.74, 6) is -0.231. The van der Waals surface area contributed by atoms with Crippen molar-refractivity contribution in [3.8, 4) is 5.75 Å². The van der Waals surface area contributed by atoms with Crippen LogP contribution in [0, 0.1) is 0 Å². The van der Waals surface area contributed by atoms with Crippen LogP contribution < -0.4 is 4.74 Å². The first-order chi connectivity index (χ1) is 11.0. The maximum atomic E-state index is 11.9. The molecule has 0 spiro atoms. The first-order valence-corrected chi connectivity index (χ1v) is 10.5. The summed E-state index contributed by atoms with van der Waals surface area (Å²) in [6, 6.07) is 6.37. The van der Waals surface area contributed by atoms with Crippen LogP contribution in [0.25, 0.3) is 0 Å². The van der Waals surface area contributed by atoms with Gasteiger partial charge in [-0.1, -0.05) is 0 Å². The van der Waals surface area contributed by atoms with E-state index >= 15 is 0 Å². The Kier molecular flexibility index (Phi) is 7.18. The van der Waals surface area contributed by atoms with Crippen LogP contribution in [0.15, 0.2) is 24.3 Å². The molecular formula is C17H25O6P. The van der Waals surface area contributed by atoms with Crippen molar-refractivity contribution in [2.24, 2.45) is 0 Å². The molecule has 0 amide bonds. The van der Waals surface area contributed by atoms with E-state index in [0.717, 1.165) is 0 Å². The Morgan fingerprint density at radius 2 is 1.71 bits per heavy atom. The average Bonchev–Trinajstić information content (AvgIpc) is 2.48. The molecular weight excluding hydrogens is 331 g/mol. The first-order valence-electron chi connectivity index (χ1n) is 7.69. The molecule has 6 nitrogen and oxygen atoms in total. The lowest BCUT2D eigenvalue weighted by atomic mass is 9.97. The van der Waals surface area contributed by atoms with Crippen LogP contribution >= 0.6 is 7.14 Å². The van der Waals surface area contributed by atoms with Crippen molar-refractivity contribution in [2.75, 3.05) is 32.7 Å². The van der Waals surface area contributed by atoms with E-state index in [1.165, 1.54) is 13.8 Å². The summed E-state index contributed by atoms with van der Waals surface area (Å²) in [7, 11) is -2.21. The second kappa shape index (κ2) is 8.45. The van der Waals surface area contributed by atoms with Crippen LogP contribution in [0.5, 0.6) is 5.75 Å². The van der Waals surface area contributed by atoms with Crippen LogP contribution in [-0.2, 0) is 14.1 Å². The molecule has 0 aromatic heterocycles. The number of aliphatic hydroxyl groups is 1. The number of rotatable bonds is 9. The van der Waals surface area contributed by atoms with Crippen LogP contribution in [0.3, 0.4) is 0 Å². The third-order valence-electron chi connectivity index (χ3n) is 3.14. The van der Waals surface area contributed by atoms with Gasteiger partial charge in [0.05, 0.1) is 13.6 Å². The molecule has 0 saturated carbocycles. The Balaban J connectivity index is 2.35. The third kappa shape index (κ3) is 7.75. The molecule has 0 heterocycles. The molecule has 24 heavy (non-hydrogen) atoms. The normalized spacial score (nSPS) is 11.9. The molecule has 1 aromatic carbocycles. The summed E-state index contributed by atoms with van der Waals surface area (Å²) in [5.41, 5.74) is -1.03. The summed E-state index contributed by atoms with van der Waals surface area (Å²) in [4.78, 5) is 23.3. The fraction of sp³-hybridized carbons (Fsp3) is 0.529. The Morgan fingerprint density at radius 3 is 2.21 bits per heavy atom. The van der Waals surface area contributed by atoms with Crippen LogP contribution in [0.4, 0.5) is 0 Å². The van der Waals surface area contributed by atoms with Gasteiger partial charge in [0.15, 0.2) is 5.78 Å². The maximum Gasteiger partial charge on any atom is 0.306 e. The largest absolute Gasteiger partial charge is 0.490 e. The van der Waals surface area contributed by atoms with Gasteiger partial charge in [-0.05, 0) is 51.4 Å². The molecule has 1 rings (SSSR count). The number of hydrogen-bond acceptors (Lipinski definition) is 6. The van der Waals surface area contributed by atoms with Crippen LogP contribution in [-0.4, -0.2) is 55.2 Å². The molecule has 1 N–H and O–H groups in total. The molecule has 0 atom stereocenters. The van der Waals surface area contributed by atoms with E-state index in [-0.39, 0.29) is 25.4 Å². The average molecular weight is 356 g/mol. The van der Waals surface area contributed by atoms with E-state index < -0.39 is 18.7 Å².